The molecule has 2 atom stereocenters. The van der Waals surface area contributed by atoms with Crippen LogP contribution in [0.5, 0.6) is 0 Å². The van der Waals surface area contributed by atoms with Gasteiger partial charge in [-0.3, -0.25) is 9.69 Å². The van der Waals surface area contributed by atoms with Crippen molar-refractivity contribution < 1.29 is 9.90 Å². The zero-order valence-corrected chi connectivity index (χ0v) is 9.70. The topological polar surface area (TPSA) is 52.6 Å². The number of amides is 1. The lowest BCUT2D eigenvalue weighted by Crippen LogP contribution is -2.35. The van der Waals surface area contributed by atoms with Crippen LogP contribution in [0.25, 0.3) is 0 Å². The maximum atomic E-state index is 11.1. The number of carbonyl (C=O) groups is 1. The predicted molar refractivity (Wildman–Crippen MR) is 59.6 cm³/mol. The molecule has 1 saturated heterocycles. The molecule has 1 heterocycles. The molecule has 1 aliphatic rings. The van der Waals surface area contributed by atoms with Gasteiger partial charge in [0.1, 0.15) is 0 Å². The van der Waals surface area contributed by atoms with Gasteiger partial charge in [0.25, 0.3) is 0 Å². The van der Waals surface area contributed by atoms with Crippen molar-refractivity contribution in [3.8, 4) is 0 Å². The molecule has 0 radical (unpaired) electrons. The zero-order chi connectivity index (χ0) is 11.3. The third-order valence-electron chi connectivity index (χ3n) is 3.02. The molecule has 0 aliphatic carbocycles. The number of hydrogen-bond acceptors (Lipinski definition) is 3. The molecule has 4 nitrogen and oxygen atoms in total. The van der Waals surface area contributed by atoms with Crippen LogP contribution in [0.15, 0.2) is 0 Å². The smallest absolute Gasteiger partial charge is 0.221 e. The number of hydrogen-bond donors (Lipinski definition) is 2. The van der Waals surface area contributed by atoms with Gasteiger partial charge in [0.05, 0.1) is 6.10 Å². The van der Waals surface area contributed by atoms with E-state index >= 15 is 0 Å². The van der Waals surface area contributed by atoms with E-state index in [1.807, 2.05) is 6.92 Å². The standard InChI is InChI=1S/C11H22N2O2/c1-9(14)8-10-4-3-6-13(10)7-5-11(15)12-2/h9-10,14H,3-8H2,1-2H3,(H,12,15)/t9-,10+/m0/s1. The average molecular weight is 214 g/mol. The van der Waals surface area contributed by atoms with Gasteiger partial charge in [-0.25, -0.2) is 0 Å². The summed E-state index contributed by atoms with van der Waals surface area (Å²) in [5.41, 5.74) is 0. The van der Waals surface area contributed by atoms with E-state index in [9.17, 15) is 9.90 Å². The zero-order valence-electron chi connectivity index (χ0n) is 9.70. The van der Waals surface area contributed by atoms with Gasteiger partial charge >= 0.3 is 0 Å². The molecule has 0 aromatic heterocycles. The molecule has 1 aliphatic heterocycles. The fourth-order valence-corrected chi connectivity index (χ4v) is 2.22. The van der Waals surface area contributed by atoms with Crippen molar-refractivity contribution in [3.63, 3.8) is 0 Å². The largest absolute Gasteiger partial charge is 0.393 e. The third kappa shape index (κ3) is 4.18. The number of aliphatic hydroxyl groups excluding tert-OH is 1. The summed E-state index contributed by atoms with van der Waals surface area (Å²) in [5, 5.41) is 12.0. The van der Waals surface area contributed by atoms with Crippen LogP contribution in [-0.4, -0.2) is 48.2 Å². The Labute approximate surface area is 91.6 Å². The Balaban J connectivity index is 2.30. The summed E-state index contributed by atoms with van der Waals surface area (Å²) in [4.78, 5) is 13.4. The molecular weight excluding hydrogens is 192 g/mol. The van der Waals surface area contributed by atoms with Crippen LogP contribution in [0.4, 0.5) is 0 Å². The van der Waals surface area contributed by atoms with Crippen molar-refractivity contribution in [2.75, 3.05) is 20.1 Å². The van der Waals surface area contributed by atoms with Gasteiger partial charge in [0, 0.05) is 26.1 Å². The molecule has 4 heteroatoms. The summed E-state index contributed by atoms with van der Waals surface area (Å²) in [6.45, 7) is 3.71. The van der Waals surface area contributed by atoms with E-state index < -0.39 is 0 Å². The molecular formula is C11H22N2O2. The first kappa shape index (κ1) is 12.5. The van der Waals surface area contributed by atoms with Gasteiger partial charge in [0.15, 0.2) is 0 Å². The average Bonchev–Trinajstić information content (AvgIpc) is 2.61. The highest BCUT2D eigenvalue weighted by atomic mass is 16.3. The van der Waals surface area contributed by atoms with Crippen LogP contribution in [0.3, 0.4) is 0 Å². The molecule has 0 spiro atoms. The van der Waals surface area contributed by atoms with E-state index in [0.717, 1.165) is 25.9 Å². The van der Waals surface area contributed by atoms with Crippen molar-refractivity contribution in [1.29, 1.82) is 0 Å². The summed E-state index contributed by atoms with van der Waals surface area (Å²) >= 11 is 0. The van der Waals surface area contributed by atoms with E-state index in [-0.39, 0.29) is 12.0 Å². The maximum Gasteiger partial charge on any atom is 0.221 e. The van der Waals surface area contributed by atoms with Crippen LogP contribution < -0.4 is 5.32 Å². The van der Waals surface area contributed by atoms with Gasteiger partial charge in [-0.05, 0) is 32.7 Å². The molecule has 0 saturated carbocycles. The van der Waals surface area contributed by atoms with Crippen molar-refractivity contribution in [2.45, 2.75) is 44.8 Å². The lowest BCUT2D eigenvalue weighted by molar-refractivity contribution is -0.121. The van der Waals surface area contributed by atoms with Gasteiger partial charge in [-0.15, -0.1) is 0 Å². The number of likely N-dealkylation sites (tertiary alicyclic amines) is 1. The Kier molecular flexibility index (Phi) is 5.05. The second-order valence-electron chi connectivity index (χ2n) is 4.34. The number of nitrogens with one attached hydrogen (secondary N) is 1. The normalized spacial score (nSPS) is 24.1. The predicted octanol–water partition coefficient (Wildman–Crippen LogP) is 0.358. The van der Waals surface area contributed by atoms with Crippen molar-refractivity contribution in [2.24, 2.45) is 0 Å². The summed E-state index contributed by atoms with van der Waals surface area (Å²) in [5.74, 6) is 0.0951. The van der Waals surface area contributed by atoms with Crippen molar-refractivity contribution >= 4 is 5.91 Å². The molecule has 1 fully saturated rings. The highest BCUT2D eigenvalue weighted by Crippen LogP contribution is 2.21. The first-order valence-electron chi connectivity index (χ1n) is 5.76. The first-order valence-corrected chi connectivity index (χ1v) is 5.76. The Morgan fingerprint density at radius 1 is 1.67 bits per heavy atom. The van der Waals surface area contributed by atoms with Gasteiger partial charge in [-0.1, -0.05) is 0 Å². The van der Waals surface area contributed by atoms with E-state index in [1.165, 1.54) is 6.42 Å². The highest BCUT2D eigenvalue weighted by Gasteiger charge is 2.25. The Hall–Kier alpha value is -0.610. The van der Waals surface area contributed by atoms with Crippen LogP contribution in [0.1, 0.15) is 32.6 Å². The minimum Gasteiger partial charge on any atom is -0.393 e. The van der Waals surface area contributed by atoms with Gasteiger partial charge in [-0.2, -0.15) is 0 Å². The fraction of sp³-hybridized carbons (Fsp3) is 0.909. The molecule has 1 rings (SSSR count). The molecule has 1 amide bonds. The van der Waals surface area contributed by atoms with Crippen molar-refractivity contribution in [1.82, 2.24) is 10.2 Å². The van der Waals surface area contributed by atoms with Crippen LogP contribution in [0, 0.1) is 0 Å². The van der Waals surface area contributed by atoms with Crippen LogP contribution in [-0.2, 0) is 4.79 Å². The molecule has 88 valence electrons. The quantitative estimate of drug-likeness (QED) is 0.694. The molecule has 0 aromatic rings. The monoisotopic (exact) mass is 214 g/mol. The Morgan fingerprint density at radius 3 is 3.00 bits per heavy atom. The molecule has 2 N–H and O–H groups in total. The Morgan fingerprint density at radius 2 is 2.40 bits per heavy atom. The highest BCUT2D eigenvalue weighted by molar-refractivity contribution is 5.75. The Bertz CT molecular complexity index is 207. The number of rotatable bonds is 5. The second kappa shape index (κ2) is 6.08. The number of aliphatic hydroxyl groups is 1. The van der Waals surface area contributed by atoms with E-state index in [4.69, 9.17) is 0 Å². The minimum absolute atomic E-state index is 0.0951. The fourth-order valence-electron chi connectivity index (χ4n) is 2.22. The van der Waals surface area contributed by atoms with E-state index in [2.05, 4.69) is 10.2 Å². The SMILES string of the molecule is CNC(=O)CCN1CCC[C@@H]1C[C@H](C)O. The number of carbonyl (C=O) groups excluding carboxylic acids is 1. The number of nitrogens with zero attached hydrogens (tertiary/aromatic N) is 1. The van der Waals surface area contributed by atoms with Crippen molar-refractivity contribution in [3.05, 3.63) is 0 Å². The minimum atomic E-state index is -0.240. The third-order valence-corrected chi connectivity index (χ3v) is 3.02. The summed E-state index contributed by atoms with van der Waals surface area (Å²) in [6, 6.07) is 0.467. The van der Waals surface area contributed by atoms with Crippen LogP contribution >= 0.6 is 0 Å². The van der Waals surface area contributed by atoms with E-state index in [0.29, 0.717) is 12.5 Å². The molecule has 0 unspecified atom stereocenters. The lowest BCUT2D eigenvalue weighted by Gasteiger charge is -2.24. The maximum absolute atomic E-state index is 11.1. The first-order chi connectivity index (χ1) is 7.13. The second-order valence-corrected chi connectivity index (χ2v) is 4.34. The lowest BCUT2D eigenvalue weighted by atomic mass is 10.1. The molecule has 15 heavy (non-hydrogen) atoms. The van der Waals surface area contributed by atoms with Gasteiger partial charge < -0.3 is 10.4 Å². The van der Waals surface area contributed by atoms with E-state index in [1.54, 1.807) is 7.05 Å². The summed E-state index contributed by atoms with van der Waals surface area (Å²) < 4.78 is 0. The summed E-state index contributed by atoms with van der Waals surface area (Å²) in [7, 11) is 1.67. The summed E-state index contributed by atoms with van der Waals surface area (Å²) in [6.07, 6.45) is 3.49. The molecule has 0 bridgehead atoms. The van der Waals surface area contributed by atoms with Crippen LogP contribution in [0.2, 0.25) is 0 Å². The van der Waals surface area contributed by atoms with Gasteiger partial charge in [0.2, 0.25) is 5.91 Å². The molecule has 0 aromatic carbocycles.